The lowest BCUT2D eigenvalue weighted by atomic mass is 10.1. The largest absolute Gasteiger partial charge is 0.303 e. The van der Waals surface area contributed by atoms with E-state index in [1.54, 1.807) is 0 Å². The third kappa shape index (κ3) is 2.52. The Hall–Kier alpha value is -0.940. The number of hydrazine groups is 1. The highest BCUT2D eigenvalue weighted by molar-refractivity contribution is 5.14. The predicted molar refractivity (Wildman–Crippen MR) is 55.9 cm³/mol. The third-order valence-electron chi connectivity index (χ3n) is 2.36. The minimum absolute atomic E-state index is 0.129. The first-order valence-electron chi connectivity index (χ1n) is 4.91. The Kier molecular flexibility index (Phi) is 3.10. The number of nitrogens with one attached hydrogen (secondary N) is 3. The van der Waals surface area contributed by atoms with Gasteiger partial charge in [0.15, 0.2) is 0 Å². The highest BCUT2D eigenvalue weighted by Gasteiger charge is 2.17. The van der Waals surface area contributed by atoms with Gasteiger partial charge in [-0.25, -0.2) is 10.9 Å². The molecule has 0 saturated carbocycles. The van der Waals surface area contributed by atoms with Crippen LogP contribution >= 0.6 is 0 Å². The Morgan fingerprint density at radius 2 is 1.93 bits per heavy atom. The summed E-state index contributed by atoms with van der Waals surface area (Å²) in [6, 6.07) is 10.4. The van der Waals surface area contributed by atoms with Crippen molar-refractivity contribution >= 4 is 0 Å². The maximum absolute atomic E-state index is 5.61. The van der Waals surface area contributed by atoms with E-state index < -0.39 is 0 Å². The van der Waals surface area contributed by atoms with Gasteiger partial charge in [-0.2, -0.15) is 0 Å². The Labute approximate surface area is 83.8 Å². The van der Waals surface area contributed by atoms with Crippen LogP contribution in [0.1, 0.15) is 12.0 Å². The molecule has 2 unspecified atom stereocenters. The van der Waals surface area contributed by atoms with Crippen molar-refractivity contribution < 1.29 is 0 Å². The molecule has 14 heavy (non-hydrogen) atoms. The molecule has 1 saturated heterocycles. The Morgan fingerprint density at radius 1 is 1.14 bits per heavy atom. The van der Waals surface area contributed by atoms with E-state index in [2.05, 4.69) is 40.4 Å². The third-order valence-corrected chi connectivity index (χ3v) is 2.36. The first kappa shape index (κ1) is 9.61. The lowest BCUT2D eigenvalue weighted by Crippen LogP contribution is -2.42. The van der Waals surface area contributed by atoms with Crippen molar-refractivity contribution in [2.45, 2.75) is 25.3 Å². The molecule has 0 spiro atoms. The summed E-state index contributed by atoms with van der Waals surface area (Å²) in [6.45, 7) is 0. The van der Waals surface area contributed by atoms with Crippen molar-refractivity contribution in [3.63, 3.8) is 0 Å². The summed E-state index contributed by atoms with van der Waals surface area (Å²) >= 11 is 0. The number of hydrogen-bond acceptors (Lipinski definition) is 4. The number of benzene rings is 1. The van der Waals surface area contributed by atoms with Crippen molar-refractivity contribution in [3.05, 3.63) is 35.9 Å². The first-order chi connectivity index (χ1) is 6.84. The van der Waals surface area contributed by atoms with Crippen molar-refractivity contribution in [1.29, 1.82) is 0 Å². The summed E-state index contributed by atoms with van der Waals surface area (Å²) in [5.41, 5.74) is 13.0. The van der Waals surface area contributed by atoms with Crippen LogP contribution in [0.3, 0.4) is 0 Å². The molecule has 2 atom stereocenters. The SMILES string of the molecule is NC1NNC(CCc2ccccc2)N1. The molecule has 0 radical (unpaired) electrons. The second kappa shape index (κ2) is 4.52. The fraction of sp³-hybridized carbons (Fsp3) is 0.400. The Bertz CT molecular complexity index is 275. The second-order valence-corrected chi connectivity index (χ2v) is 3.51. The normalized spacial score (nSPS) is 26.6. The molecular formula is C10H16N4. The lowest BCUT2D eigenvalue weighted by Gasteiger charge is -2.09. The van der Waals surface area contributed by atoms with E-state index in [0.717, 1.165) is 12.8 Å². The average Bonchev–Trinajstić information content (AvgIpc) is 2.63. The van der Waals surface area contributed by atoms with Crippen LogP contribution in [0.2, 0.25) is 0 Å². The molecular weight excluding hydrogens is 176 g/mol. The number of nitrogens with two attached hydrogens (primary N) is 1. The van der Waals surface area contributed by atoms with Crippen LogP contribution < -0.4 is 21.9 Å². The van der Waals surface area contributed by atoms with Gasteiger partial charge in [0.1, 0.15) is 6.29 Å². The quantitative estimate of drug-likeness (QED) is 0.539. The van der Waals surface area contributed by atoms with Crippen molar-refractivity contribution in [2.75, 3.05) is 0 Å². The molecule has 1 aliphatic heterocycles. The predicted octanol–water partition coefficient (Wildman–Crippen LogP) is -0.115. The standard InChI is InChI=1S/C10H16N4/c11-10-12-9(13-14-10)7-6-8-4-2-1-3-5-8/h1-5,9-10,12-14H,6-7,11H2. The molecule has 1 aromatic carbocycles. The summed E-state index contributed by atoms with van der Waals surface area (Å²) in [5.74, 6) is 0. The van der Waals surface area contributed by atoms with Crippen LogP contribution in [0.25, 0.3) is 0 Å². The minimum atomic E-state index is -0.129. The smallest absolute Gasteiger partial charge is 0.123 e. The molecule has 4 heteroatoms. The molecule has 0 aliphatic carbocycles. The summed E-state index contributed by atoms with van der Waals surface area (Å²) in [4.78, 5) is 0. The van der Waals surface area contributed by atoms with Gasteiger partial charge in [0.05, 0.1) is 6.17 Å². The van der Waals surface area contributed by atoms with Crippen LogP contribution in [0.15, 0.2) is 30.3 Å². The maximum atomic E-state index is 5.61. The summed E-state index contributed by atoms with van der Waals surface area (Å²) in [7, 11) is 0. The van der Waals surface area contributed by atoms with Crippen molar-refractivity contribution in [1.82, 2.24) is 16.2 Å². The van der Waals surface area contributed by atoms with Crippen LogP contribution in [0.4, 0.5) is 0 Å². The maximum Gasteiger partial charge on any atom is 0.123 e. The molecule has 2 rings (SSSR count). The van der Waals surface area contributed by atoms with Crippen LogP contribution in [-0.2, 0) is 6.42 Å². The molecule has 1 aromatic rings. The lowest BCUT2D eigenvalue weighted by molar-refractivity contribution is 0.489. The van der Waals surface area contributed by atoms with Gasteiger partial charge in [-0.1, -0.05) is 30.3 Å². The van der Waals surface area contributed by atoms with E-state index in [4.69, 9.17) is 5.73 Å². The molecule has 0 amide bonds. The van der Waals surface area contributed by atoms with Crippen LogP contribution in [0, 0.1) is 0 Å². The van der Waals surface area contributed by atoms with E-state index in [1.807, 2.05) is 6.07 Å². The molecule has 1 heterocycles. The van der Waals surface area contributed by atoms with Gasteiger partial charge < -0.3 is 5.73 Å². The van der Waals surface area contributed by atoms with Crippen molar-refractivity contribution in [3.8, 4) is 0 Å². The van der Waals surface area contributed by atoms with Gasteiger partial charge in [-0.05, 0) is 18.4 Å². The van der Waals surface area contributed by atoms with E-state index >= 15 is 0 Å². The summed E-state index contributed by atoms with van der Waals surface area (Å²) < 4.78 is 0. The van der Waals surface area contributed by atoms with E-state index in [9.17, 15) is 0 Å². The van der Waals surface area contributed by atoms with E-state index in [-0.39, 0.29) is 12.5 Å². The highest BCUT2D eigenvalue weighted by Crippen LogP contribution is 2.04. The second-order valence-electron chi connectivity index (χ2n) is 3.51. The fourth-order valence-electron chi connectivity index (χ4n) is 1.60. The molecule has 1 aliphatic rings. The Balaban J connectivity index is 1.78. The number of rotatable bonds is 3. The summed E-state index contributed by atoms with van der Waals surface area (Å²) in [6.07, 6.45) is 2.23. The monoisotopic (exact) mass is 192 g/mol. The fourth-order valence-corrected chi connectivity index (χ4v) is 1.60. The molecule has 1 fully saturated rings. The average molecular weight is 192 g/mol. The van der Waals surface area contributed by atoms with Crippen molar-refractivity contribution in [2.24, 2.45) is 5.73 Å². The molecule has 0 aromatic heterocycles. The summed E-state index contributed by atoms with van der Waals surface area (Å²) in [5, 5.41) is 3.18. The van der Waals surface area contributed by atoms with Crippen LogP contribution in [-0.4, -0.2) is 12.5 Å². The molecule has 76 valence electrons. The topological polar surface area (TPSA) is 62.1 Å². The van der Waals surface area contributed by atoms with Gasteiger partial charge in [-0.3, -0.25) is 5.32 Å². The zero-order valence-corrected chi connectivity index (χ0v) is 8.03. The van der Waals surface area contributed by atoms with Crippen LogP contribution in [0.5, 0.6) is 0 Å². The first-order valence-corrected chi connectivity index (χ1v) is 4.91. The molecule has 5 N–H and O–H groups in total. The Morgan fingerprint density at radius 3 is 2.57 bits per heavy atom. The van der Waals surface area contributed by atoms with Gasteiger partial charge in [0, 0.05) is 0 Å². The minimum Gasteiger partial charge on any atom is -0.303 e. The van der Waals surface area contributed by atoms with Gasteiger partial charge >= 0.3 is 0 Å². The highest BCUT2D eigenvalue weighted by atomic mass is 15.6. The zero-order valence-electron chi connectivity index (χ0n) is 8.03. The number of aryl methyl sites for hydroxylation is 1. The van der Waals surface area contributed by atoms with Gasteiger partial charge in [-0.15, -0.1) is 0 Å². The van der Waals surface area contributed by atoms with E-state index in [1.165, 1.54) is 5.56 Å². The van der Waals surface area contributed by atoms with E-state index in [0.29, 0.717) is 0 Å². The van der Waals surface area contributed by atoms with Gasteiger partial charge in [0.25, 0.3) is 0 Å². The van der Waals surface area contributed by atoms with Gasteiger partial charge in [0.2, 0.25) is 0 Å². The zero-order chi connectivity index (χ0) is 9.80. The molecule has 0 bridgehead atoms. The number of hydrogen-bond donors (Lipinski definition) is 4. The molecule has 4 nitrogen and oxygen atoms in total.